The molecule has 0 saturated heterocycles. The lowest BCUT2D eigenvalue weighted by Gasteiger charge is -2.13. The first-order valence-electron chi connectivity index (χ1n) is 7.36. The van der Waals surface area contributed by atoms with Gasteiger partial charge in [0, 0.05) is 22.5 Å². The minimum Gasteiger partial charge on any atom is -0.387 e. The number of hydrogen-bond acceptors (Lipinski definition) is 4. The van der Waals surface area contributed by atoms with Gasteiger partial charge in [0.2, 0.25) is 0 Å². The van der Waals surface area contributed by atoms with Crippen molar-refractivity contribution < 1.29 is 5.11 Å². The lowest BCUT2D eigenvalue weighted by atomic mass is 10.1. The maximum atomic E-state index is 12.3. The zero-order valence-corrected chi connectivity index (χ0v) is 13.6. The van der Waals surface area contributed by atoms with Gasteiger partial charge in [-0.15, -0.1) is 0 Å². The third-order valence-corrected chi connectivity index (χ3v) is 3.92. The lowest BCUT2D eigenvalue weighted by Crippen LogP contribution is -2.24. The van der Waals surface area contributed by atoms with Crippen LogP contribution in [0.5, 0.6) is 0 Å². The molecule has 2 aromatic heterocycles. The van der Waals surface area contributed by atoms with Gasteiger partial charge in [-0.05, 0) is 38.1 Å². The molecule has 0 aliphatic carbocycles. The number of aliphatic hydroxyl groups is 1. The van der Waals surface area contributed by atoms with Crippen LogP contribution in [0.25, 0.3) is 22.3 Å². The highest BCUT2D eigenvalue weighted by atomic mass is 35.5. The lowest BCUT2D eigenvalue weighted by molar-refractivity contribution is 0.194. The highest BCUT2D eigenvalue weighted by molar-refractivity contribution is 6.30. The summed E-state index contributed by atoms with van der Waals surface area (Å²) in [6, 6.07) is 10.8. The Labute approximate surface area is 138 Å². The maximum Gasteiger partial charge on any atom is 0.349 e. The Hall–Kier alpha value is -2.24. The molecule has 3 aromatic rings. The van der Waals surface area contributed by atoms with Crippen LogP contribution < -0.4 is 5.69 Å². The molecule has 0 amide bonds. The Kier molecular flexibility index (Phi) is 4.15. The molecule has 0 spiro atoms. The Morgan fingerprint density at radius 2 is 2.04 bits per heavy atom. The van der Waals surface area contributed by atoms with Crippen molar-refractivity contribution in [1.82, 2.24) is 14.5 Å². The summed E-state index contributed by atoms with van der Waals surface area (Å²) in [6.07, 6.45) is -0.706. The van der Waals surface area contributed by atoms with Crippen LogP contribution in [0.3, 0.4) is 0 Å². The summed E-state index contributed by atoms with van der Waals surface area (Å²) >= 11 is 6.05. The molecule has 0 fully saturated rings. The van der Waals surface area contributed by atoms with Crippen molar-refractivity contribution in [2.24, 2.45) is 0 Å². The molecule has 6 heteroatoms. The number of aliphatic hydroxyl groups excluding tert-OH is 1. The molecule has 0 aliphatic heterocycles. The molecule has 0 radical (unpaired) electrons. The normalized spacial score (nSPS) is 12.5. The van der Waals surface area contributed by atoms with Crippen molar-refractivity contribution in [3.63, 3.8) is 0 Å². The Balaban J connectivity index is 2.38. The number of aryl methyl sites for hydroxylation is 1. The smallest absolute Gasteiger partial charge is 0.349 e. The van der Waals surface area contributed by atoms with E-state index >= 15 is 0 Å². The molecule has 2 heterocycles. The molecule has 3 rings (SSSR count). The largest absolute Gasteiger partial charge is 0.387 e. The molecule has 0 aliphatic rings. The van der Waals surface area contributed by atoms with Crippen molar-refractivity contribution in [3.05, 3.63) is 57.6 Å². The van der Waals surface area contributed by atoms with Gasteiger partial charge in [0.05, 0.1) is 17.5 Å². The van der Waals surface area contributed by atoms with Crippen LogP contribution in [0.15, 0.2) is 41.2 Å². The fourth-order valence-electron chi connectivity index (χ4n) is 2.53. The summed E-state index contributed by atoms with van der Waals surface area (Å²) in [7, 11) is 0. The van der Waals surface area contributed by atoms with E-state index in [0.29, 0.717) is 28.6 Å². The monoisotopic (exact) mass is 329 g/mol. The van der Waals surface area contributed by atoms with E-state index in [4.69, 9.17) is 11.6 Å². The second-order valence-corrected chi connectivity index (χ2v) is 5.72. The first-order valence-corrected chi connectivity index (χ1v) is 7.74. The van der Waals surface area contributed by atoms with Crippen molar-refractivity contribution in [2.45, 2.75) is 26.5 Å². The average Bonchev–Trinajstić information content (AvgIpc) is 2.53. The average molecular weight is 330 g/mol. The summed E-state index contributed by atoms with van der Waals surface area (Å²) in [5.74, 6) is 0. The Bertz CT molecular complexity index is 935. The van der Waals surface area contributed by atoms with Gasteiger partial charge in [0.1, 0.15) is 5.65 Å². The van der Waals surface area contributed by atoms with E-state index in [2.05, 4.69) is 9.97 Å². The van der Waals surface area contributed by atoms with Crippen molar-refractivity contribution in [3.8, 4) is 11.3 Å². The van der Waals surface area contributed by atoms with Crippen molar-refractivity contribution in [1.29, 1.82) is 0 Å². The molecule has 0 saturated carbocycles. The molecule has 1 unspecified atom stereocenters. The van der Waals surface area contributed by atoms with Crippen LogP contribution >= 0.6 is 11.6 Å². The highest BCUT2D eigenvalue weighted by Crippen LogP contribution is 2.27. The highest BCUT2D eigenvalue weighted by Gasteiger charge is 2.14. The van der Waals surface area contributed by atoms with E-state index in [-0.39, 0.29) is 5.69 Å². The fraction of sp³-hybridized carbons (Fsp3) is 0.235. The van der Waals surface area contributed by atoms with E-state index in [9.17, 15) is 9.90 Å². The number of pyridine rings is 1. The quantitative estimate of drug-likeness (QED) is 0.801. The summed E-state index contributed by atoms with van der Waals surface area (Å²) in [6.45, 7) is 3.95. The van der Waals surface area contributed by atoms with E-state index < -0.39 is 6.10 Å². The third-order valence-electron chi connectivity index (χ3n) is 3.69. The number of benzene rings is 1. The zero-order valence-electron chi connectivity index (χ0n) is 12.8. The van der Waals surface area contributed by atoms with E-state index in [0.717, 1.165) is 10.9 Å². The predicted molar refractivity (Wildman–Crippen MR) is 90.6 cm³/mol. The summed E-state index contributed by atoms with van der Waals surface area (Å²) in [5.41, 5.74) is 1.96. The molecular weight excluding hydrogens is 314 g/mol. The van der Waals surface area contributed by atoms with Crippen molar-refractivity contribution >= 4 is 22.6 Å². The molecule has 1 aromatic carbocycles. The van der Waals surface area contributed by atoms with Gasteiger partial charge in [0.25, 0.3) is 0 Å². The number of fused-ring (bicyclic) bond motifs is 1. The number of aromatic nitrogens is 3. The minimum absolute atomic E-state index is 0.370. The third kappa shape index (κ3) is 2.85. The first-order chi connectivity index (χ1) is 11.0. The Morgan fingerprint density at radius 3 is 2.70 bits per heavy atom. The van der Waals surface area contributed by atoms with Crippen molar-refractivity contribution in [2.75, 3.05) is 0 Å². The van der Waals surface area contributed by atoms with Crippen LogP contribution in [-0.4, -0.2) is 19.6 Å². The standard InChI is InChI=1S/C17H16ClN3O2/c1-3-21-16-13(7-8-14(19-16)10(2)22)15(20-17(21)23)11-5-4-6-12(18)9-11/h4-10,22H,3H2,1-2H3. The number of rotatable bonds is 3. The molecule has 23 heavy (non-hydrogen) atoms. The van der Waals surface area contributed by atoms with Gasteiger partial charge >= 0.3 is 5.69 Å². The second kappa shape index (κ2) is 6.10. The summed E-state index contributed by atoms with van der Waals surface area (Å²) in [4.78, 5) is 21.0. The molecule has 0 bridgehead atoms. The zero-order chi connectivity index (χ0) is 16.6. The topological polar surface area (TPSA) is 68.0 Å². The van der Waals surface area contributed by atoms with Crippen LogP contribution in [0.1, 0.15) is 25.6 Å². The van der Waals surface area contributed by atoms with Gasteiger partial charge in [-0.25, -0.2) is 9.78 Å². The SMILES string of the molecule is CCn1c(=O)nc(-c2cccc(Cl)c2)c2ccc(C(C)O)nc21. The fourth-order valence-corrected chi connectivity index (χ4v) is 2.72. The Morgan fingerprint density at radius 1 is 1.26 bits per heavy atom. The van der Waals surface area contributed by atoms with Crippen LogP contribution in [0.2, 0.25) is 5.02 Å². The van der Waals surface area contributed by atoms with Gasteiger partial charge in [-0.2, -0.15) is 4.98 Å². The maximum absolute atomic E-state index is 12.3. The van der Waals surface area contributed by atoms with Crippen LogP contribution in [-0.2, 0) is 6.54 Å². The number of halogens is 1. The molecule has 1 N–H and O–H groups in total. The molecule has 118 valence electrons. The second-order valence-electron chi connectivity index (χ2n) is 5.28. The summed E-state index contributed by atoms with van der Waals surface area (Å²) < 4.78 is 1.50. The van der Waals surface area contributed by atoms with E-state index in [1.54, 1.807) is 25.1 Å². The van der Waals surface area contributed by atoms with E-state index in [1.165, 1.54) is 4.57 Å². The van der Waals surface area contributed by atoms with E-state index in [1.807, 2.05) is 25.1 Å². The van der Waals surface area contributed by atoms with Gasteiger partial charge in [-0.1, -0.05) is 23.7 Å². The number of hydrogen-bond donors (Lipinski definition) is 1. The van der Waals surface area contributed by atoms with Crippen LogP contribution in [0, 0.1) is 0 Å². The molecular formula is C17H16ClN3O2. The van der Waals surface area contributed by atoms with Gasteiger partial charge in [-0.3, -0.25) is 4.57 Å². The van der Waals surface area contributed by atoms with Gasteiger partial charge < -0.3 is 5.11 Å². The first kappa shape index (κ1) is 15.6. The summed E-state index contributed by atoms with van der Waals surface area (Å²) in [5, 5.41) is 11.1. The molecule has 1 atom stereocenters. The minimum atomic E-state index is -0.706. The molecule has 5 nitrogen and oxygen atoms in total. The predicted octanol–water partition coefficient (Wildman–Crippen LogP) is 3.19. The van der Waals surface area contributed by atoms with Crippen LogP contribution in [0.4, 0.5) is 0 Å². The van der Waals surface area contributed by atoms with Gasteiger partial charge in [0.15, 0.2) is 0 Å². The number of nitrogens with zero attached hydrogens (tertiary/aromatic N) is 3.